The summed E-state index contributed by atoms with van der Waals surface area (Å²) in [5, 5.41) is 0. The molecule has 0 saturated carbocycles. The molecule has 0 unspecified atom stereocenters. The smallest absolute Gasteiger partial charge is 0.261 e. The second kappa shape index (κ2) is 5.05. The SMILES string of the molecule is Cc1cc(S(=O)(=O)Nc2ccccc2)cc(C)c1C. The molecule has 19 heavy (non-hydrogen) atoms. The molecule has 1 N–H and O–H groups in total. The maximum absolute atomic E-state index is 12.3. The highest BCUT2D eigenvalue weighted by Crippen LogP contribution is 2.21. The first-order valence-corrected chi connectivity index (χ1v) is 7.54. The van der Waals surface area contributed by atoms with Crippen molar-refractivity contribution in [3.05, 3.63) is 59.2 Å². The van der Waals surface area contributed by atoms with Gasteiger partial charge in [-0.2, -0.15) is 0 Å². The van der Waals surface area contributed by atoms with Crippen LogP contribution in [0.3, 0.4) is 0 Å². The average Bonchev–Trinajstić information content (AvgIpc) is 2.36. The normalized spacial score (nSPS) is 11.3. The number of nitrogens with one attached hydrogen (secondary N) is 1. The van der Waals surface area contributed by atoms with E-state index in [9.17, 15) is 8.42 Å². The van der Waals surface area contributed by atoms with Crippen molar-refractivity contribution in [2.24, 2.45) is 0 Å². The van der Waals surface area contributed by atoms with Crippen LogP contribution in [0.15, 0.2) is 47.4 Å². The summed E-state index contributed by atoms with van der Waals surface area (Å²) in [4.78, 5) is 0.303. The first kappa shape index (κ1) is 13.6. The van der Waals surface area contributed by atoms with Gasteiger partial charge in [0.05, 0.1) is 4.90 Å². The van der Waals surface area contributed by atoms with Gasteiger partial charge in [0.2, 0.25) is 0 Å². The van der Waals surface area contributed by atoms with E-state index in [0.717, 1.165) is 16.7 Å². The zero-order valence-corrected chi connectivity index (χ0v) is 12.1. The molecule has 3 nitrogen and oxygen atoms in total. The van der Waals surface area contributed by atoms with Gasteiger partial charge in [-0.1, -0.05) is 18.2 Å². The number of aryl methyl sites for hydroxylation is 2. The van der Waals surface area contributed by atoms with Crippen LogP contribution in [0, 0.1) is 20.8 Å². The predicted molar refractivity (Wildman–Crippen MR) is 77.9 cm³/mol. The van der Waals surface area contributed by atoms with Crippen molar-refractivity contribution in [2.75, 3.05) is 4.72 Å². The molecular weight excluding hydrogens is 258 g/mol. The van der Waals surface area contributed by atoms with Gasteiger partial charge in [-0.15, -0.1) is 0 Å². The van der Waals surface area contributed by atoms with Gasteiger partial charge in [-0.05, 0) is 61.7 Å². The van der Waals surface area contributed by atoms with Crippen molar-refractivity contribution >= 4 is 15.7 Å². The lowest BCUT2D eigenvalue weighted by Gasteiger charge is -2.11. The van der Waals surface area contributed by atoms with E-state index in [-0.39, 0.29) is 0 Å². The third-order valence-corrected chi connectivity index (χ3v) is 4.60. The van der Waals surface area contributed by atoms with E-state index >= 15 is 0 Å². The summed E-state index contributed by atoms with van der Waals surface area (Å²) in [6.07, 6.45) is 0. The van der Waals surface area contributed by atoms with Crippen LogP contribution in [0.1, 0.15) is 16.7 Å². The number of hydrogen-bond donors (Lipinski definition) is 1. The molecule has 0 aliphatic rings. The predicted octanol–water partition coefficient (Wildman–Crippen LogP) is 3.41. The van der Waals surface area contributed by atoms with Crippen LogP contribution < -0.4 is 4.72 Å². The van der Waals surface area contributed by atoms with Crippen molar-refractivity contribution < 1.29 is 8.42 Å². The topological polar surface area (TPSA) is 46.2 Å². The largest absolute Gasteiger partial charge is 0.280 e. The minimum atomic E-state index is -3.53. The molecule has 2 aromatic carbocycles. The first-order valence-electron chi connectivity index (χ1n) is 6.06. The van der Waals surface area contributed by atoms with Crippen molar-refractivity contribution in [1.29, 1.82) is 0 Å². The van der Waals surface area contributed by atoms with E-state index in [2.05, 4.69) is 4.72 Å². The zero-order valence-electron chi connectivity index (χ0n) is 11.3. The van der Waals surface area contributed by atoms with Crippen LogP contribution in [-0.4, -0.2) is 8.42 Å². The van der Waals surface area contributed by atoms with Crippen molar-refractivity contribution in [2.45, 2.75) is 25.7 Å². The van der Waals surface area contributed by atoms with E-state index < -0.39 is 10.0 Å². The molecule has 0 radical (unpaired) electrons. The van der Waals surface area contributed by atoms with E-state index in [1.54, 1.807) is 36.4 Å². The number of rotatable bonds is 3. The Morgan fingerprint density at radius 2 is 1.42 bits per heavy atom. The van der Waals surface area contributed by atoms with Gasteiger partial charge in [0.15, 0.2) is 0 Å². The molecule has 0 spiro atoms. The van der Waals surface area contributed by atoms with Crippen molar-refractivity contribution in [1.82, 2.24) is 0 Å². The van der Waals surface area contributed by atoms with Gasteiger partial charge < -0.3 is 0 Å². The zero-order chi connectivity index (χ0) is 14.0. The van der Waals surface area contributed by atoms with Crippen LogP contribution in [0.2, 0.25) is 0 Å². The van der Waals surface area contributed by atoms with Gasteiger partial charge in [0.25, 0.3) is 10.0 Å². The van der Waals surface area contributed by atoms with Crippen molar-refractivity contribution in [3.8, 4) is 0 Å². The Morgan fingerprint density at radius 1 is 0.895 bits per heavy atom. The highest BCUT2D eigenvalue weighted by Gasteiger charge is 2.15. The molecular formula is C15H17NO2S. The first-order chi connectivity index (χ1) is 8.90. The molecule has 0 aliphatic heterocycles. The Morgan fingerprint density at radius 3 is 1.95 bits per heavy atom. The summed E-state index contributed by atoms with van der Waals surface area (Å²) in [6.45, 7) is 5.83. The molecule has 0 heterocycles. The van der Waals surface area contributed by atoms with E-state index in [1.165, 1.54) is 0 Å². The average molecular weight is 275 g/mol. The summed E-state index contributed by atoms with van der Waals surface area (Å²) in [5.41, 5.74) is 3.65. The van der Waals surface area contributed by atoms with Crippen molar-refractivity contribution in [3.63, 3.8) is 0 Å². The van der Waals surface area contributed by atoms with E-state index in [1.807, 2.05) is 26.8 Å². The molecule has 2 rings (SSSR count). The summed E-state index contributed by atoms with van der Waals surface area (Å²) in [6, 6.07) is 12.3. The number of anilines is 1. The summed E-state index contributed by atoms with van der Waals surface area (Å²) >= 11 is 0. The lowest BCUT2D eigenvalue weighted by molar-refractivity contribution is 0.601. The molecule has 0 aliphatic carbocycles. The van der Waals surface area contributed by atoms with Gasteiger partial charge in [-0.3, -0.25) is 4.72 Å². The fraction of sp³-hybridized carbons (Fsp3) is 0.200. The Hall–Kier alpha value is -1.81. The quantitative estimate of drug-likeness (QED) is 0.933. The van der Waals surface area contributed by atoms with Gasteiger partial charge in [0.1, 0.15) is 0 Å². The fourth-order valence-electron chi connectivity index (χ4n) is 1.87. The highest BCUT2D eigenvalue weighted by molar-refractivity contribution is 7.92. The molecule has 0 fully saturated rings. The van der Waals surface area contributed by atoms with Gasteiger partial charge >= 0.3 is 0 Å². The molecule has 4 heteroatoms. The van der Waals surface area contributed by atoms with Crippen LogP contribution >= 0.6 is 0 Å². The minimum Gasteiger partial charge on any atom is -0.280 e. The lowest BCUT2D eigenvalue weighted by atomic mass is 10.1. The number of benzene rings is 2. The summed E-state index contributed by atoms with van der Waals surface area (Å²) in [7, 11) is -3.53. The molecule has 2 aromatic rings. The third-order valence-electron chi connectivity index (χ3n) is 3.24. The minimum absolute atomic E-state index is 0.303. The monoisotopic (exact) mass is 275 g/mol. The highest BCUT2D eigenvalue weighted by atomic mass is 32.2. The van der Waals surface area contributed by atoms with E-state index in [0.29, 0.717) is 10.6 Å². The van der Waals surface area contributed by atoms with E-state index in [4.69, 9.17) is 0 Å². The Bertz CT molecular complexity index is 668. The Labute approximate surface area is 114 Å². The second-order valence-corrected chi connectivity index (χ2v) is 6.34. The van der Waals surface area contributed by atoms with Crippen LogP contribution in [0.25, 0.3) is 0 Å². The molecule has 100 valence electrons. The van der Waals surface area contributed by atoms with Gasteiger partial charge in [0, 0.05) is 5.69 Å². The fourth-order valence-corrected chi connectivity index (χ4v) is 3.10. The Kier molecular flexibility index (Phi) is 3.62. The number of sulfonamides is 1. The maximum Gasteiger partial charge on any atom is 0.261 e. The maximum atomic E-state index is 12.3. The second-order valence-electron chi connectivity index (χ2n) is 4.65. The number of para-hydroxylation sites is 1. The molecule has 0 atom stereocenters. The molecule has 0 aromatic heterocycles. The standard InChI is InChI=1S/C15H17NO2S/c1-11-9-15(10-12(2)13(11)3)19(17,18)16-14-7-5-4-6-8-14/h4-10,16H,1-3H3. The van der Waals surface area contributed by atoms with Gasteiger partial charge in [-0.25, -0.2) is 8.42 Å². The molecule has 0 bridgehead atoms. The lowest BCUT2D eigenvalue weighted by Crippen LogP contribution is -2.13. The van der Waals surface area contributed by atoms with Crippen LogP contribution in [0.5, 0.6) is 0 Å². The molecule has 0 saturated heterocycles. The molecule has 0 amide bonds. The van der Waals surface area contributed by atoms with Crippen LogP contribution in [-0.2, 0) is 10.0 Å². The third kappa shape index (κ3) is 2.96. The Balaban J connectivity index is 2.40. The summed E-state index contributed by atoms with van der Waals surface area (Å²) in [5.74, 6) is 0. The summed E-state index contributed by atoms with van der Waals surface area (Å²) < 4.78 is 27.2. The number of hydrogen-bond acceptors (Lipinski definition) is 2. The van der Waals surface area contributed by atoms with Crippen LogP contribution in [0.4, 0.5) is 5.69 Å².